The lowest BCUT2D eigenvalue weighted by Crippen LogP contribution is -1.92. The third kappa shape index (κ3) is 4.54. The van der Waals surface area contributed by atoms with Gasteiger partial charge < -0.3 is 9.97 Å². The lowest BCUT2D eigenvalue weighted by atomic mass is 9.97. The third-order valence-electron chi connectivity index (χ3n) is 9.13. The lowest BCUT2D eigenvalue weighted by Gasteiger charge is -2.05. The number of hydrogen-bond acceptors (Lipinski definition) is 2. The number of nitrogens with one attached hydrogen (secondary N) is 2. The summed E-state index contributed by atoms with van der Waals surface area (Å²) in [6.07, 6.45) is 5.67. The Bertz CT molecular complexity index is 1660. The molecule has 0 aromatic carbocycles. The quantitative estimate of drug-likeness (QED) is 0.283. The number of aryl methyl sites for hydroxylation is 4. The molecular formula is C36H44F2N4. The minimum Gasteiger partial charge on any atom is -0.353 e. The number of H-pyrrole nitrogens is 2. The van der Waals surface area contributed by atoms with E-state index in [9.17, 15) is 0 Å². The zero-order valence-electron chi connectivity index (χ0n) is 26.5. The van der Waals surface area contributed by atoms with Gasteiger partial charge in [-0.3, -0.25) is 0 Å². The molecule has 42 heavy (non-hydrogen) atoms. The van der Waals surface area contributed by atoms with Crippen molar-refractivity contribution in [1.29, 1.82) is 0 Å². The van der Waals surface area contributed by atoms with Gasteiger partial charge in [-0.2, -0.15) is 0 Å². The first kappa shape index (κ1) is 29.9. The Labute approximate surface area is 248 Å². The van der Waals surface area contributed by atoms with E-state index < -0.39 is 0 Å². The monoisotopic (exact) mass is 570 g/mol. The van der Waals surface area contributed by atoms with E-state index in [4.69, 9.17) is 9.97 Å². The molecule has 4 nitrogen and oxygen atoms in total. The van der Waals surface area contributed by atoms with Gasteiger partial charge in [-0.25, -0.2) is 18.7 Å². The Morgan fingerprint density at radius 2 is 0.833 bits per heavy atom. The van der Waals surface area contributed by atoms with Gasteiger partial charge in [0.15, 0.2) is 11.6 Å². The van der Waals surface area contributed by atoms with Crippen molar-refractivity contribution in [2.45, 2.75) is 107 Å². The van der Waals surface area contributed by atoms with Crippen LogP contribution in [0.5, 0.6) is 0 Å². The summed E-state index contributed by atoms with van der Waals surface area (Å²) >= 11 is 0. The number of aromatic amines is 2. The predicted molar refractivity (Wildman–Crippen MR) is 173 cm³/mol. The van der Waals surface area contributed by atoms with Crippen molar-refractivity contribution in [1.82, 2.24) is 19.9 Å². The van der Waals surface area contributed by atoms with Crippen molar-refractivity contribution in [2.75, 3.05) is 0 Å². The molecule has 5 heterocycles. The summed E-state index contributed by atoms with van der Waals surface area (Å²) in [7, 11) is 0. The second kappa shape index (κ2) is 12.0. The van der Waals surface area contributed by atoms with Crippen molar-refractivity contribution >= 4 is 44.4 Å². The minimum absolute atomic E-state index is 0.308. The molecule has 0 saturated heterocycles. The molecule has 3 aromatic heterocycles. The first-order chi connectivity index (χ1) is 20.3. The summed E-state index contributed by atoms with van der Waals surface area (Å²) in [6.45, 7) is 16.6. The summed E-state index contributed by atoms with van der Waals surface area (Å²) in [5.74, 6) is -0.616. The third-order valence-corrected chi connectivity index (χ3v) is 9.13. The average molecular weight is 571 g/mol. The second-order valence-electron chi connectivity index (χ2n) is 11.1. The zero-order chi connectivity index (χ0) is 30.3. The fourth-order valence-corrected chi connectivity index (χ4v) is 7.18. The highest BCUT2D eigenvalue weighted by Crippen LogP contribution is 2.41. The summed E-state index contributed by atoms with van der Waals surface area (Å²) in [4.78, 5) is 16.8. The van der Waals surface area contributed by atoms with E-state index in [1.165, 1.54) is 0 Å². The first-order valence-electron chi connectivity index (χ1n) is 15.9. The van der Waals surface area contributed by atoms with Crippen molar-refractivity contribution < 1.29 is 8.78 Å². The molecule has 0 fully saturated rings. The predicted octanol–water partition coefficient (Wildman–Crippen LogP) is 10.3. The molecule has 0 amide bonds. The Morgan fingerprint density at radius 1 is 0.476 bits per heavy atom. The fraction of sp³-hybridized carbons (Fsp3) is 0.444. The molecule has 0 atom stereocenters. The molecule has 2 aliphatic heterocycles. The van der Waals surface area contributed by atoms with Crippen LogP contribution in [0.3, 0.4) is 0 Å². The molecule has 8 bridgehead atoms. The number of fused-ring (bicyclic) bond motifs is 8. The van der Waals surface area contributed by atoms with Gasteiger partial charge in [-0.15, -0.1) is 0 Å². The molecule has 2 N–H and O–H groups in total. The van der Waals surface area contributed by atoms with Crippen LogP contribution in [0.2, 0.25) is 0 Å². The number of halogens is 2. The van der Waals surface area contributed by atoms with Crippen LogP contribution >= 0.6 is 0 Å². The molecule has 0 saturated carbocycles. The number of allylic oxidation sites excluding steroid dienone is 4. The van der Waals surface area contributed by atoms with E-state index >= 15 is 8.78 Å². The van der Waals surface area contributed by atoms with Gasteiger partial charge in [0.2, 0.25) is 0 Å². The maximum Gasteiger partial charge on any atom is 0.172 e. The SMILES string of the molecule is CCC1=C(CC)c2nc1cc1nc(c(F)c3[nH]c(cc4[nH]c(c2F)c(CC)c4CC)c(CC)c3CC)C(CC)=C1CC. The smallest absolute Gasteiger partial charge is 0.172 e. The van der Waals surface area contributed by atoms with Gasteiger partial charge in [0, 0.05) is 11.0 Å². The normalized spacial score (nSPS) is 13.6. The van der Waals surface area contributed by atoms with Crippen LogP contribution in [-0.2, 0) is 25.7 Å². The van der Waals surface area contributed by atoms with Crippen molar-refractivity contribution in [3.05, 3.63) is 68.8 Å². The molecule has 0 radical (unpaired) electrons. The average Bonchev–Trinajstić information content (AvgIpc) is 3.74. The molecule has 6 heteroatoms. The van der Waals surface area contributed by atoms with Crippen LogP contribution in [0.1, 0.15) is 126 Å². The highest BCUT2D eigenvalue weighted by Gasteiger charge is 2.27. The van der Waals surface area contributed by atoms with E-state index in [1.807, 2.05) is 12.1 Å². The van der Waals surface area contributed by atoms with Gasteiger partial charge in [0.1, 0.15) is 11.4 Å². The summed E-state index contributed by atoms with van der Waals surface area (Å²) < 4.78 is 33.5. The van der Waals surface area contributed by atoms with Crippen LogP contribution in [-0.4, -0.2) is 19.9 Å². The van der Waals surface area contributed by atoms with Crippen LogP contribution in [0, 0.1) is 11.6 Å². The molecule has 222 valence electrons. The van der Waals surface area contributed by atoms with Crippen LogP contribution in [0.4, 0.5) is 8.78 Å². The summed E-state index contributed by atoms with van der Waals surface area (Å²) in [5.41, 5.74) is 13.0. The van der Waals surface area contributed by atoms with Crippen molar-refractivity contribution in [2.24, 2.45) is 0 Å². The number of nitrogens with zero attached hydrogens (tertiary/aromatic N) is 2. The summed E-state index contributed by atoms with van der Waals surface area (Å²) in [5, 5.41) is 0. The maximum atomic E-state index is 16.8. The second-order valence-corrected chi connectivity index (χ2v) is 11.1. The molecule has 3 aromatic rings. The minimum atomic E-state index is -0.308. The van der Waals surface area contributed by atoms with E-state index in [2.05, 4.69) is 65.4 Å². The lowest BCUT2D eigenvalue weighted by molar-refractivity contribution is 0.626. The number of hydrogen-bond donors (Lipinski definition) is 2. The molecule has 0 spiro atoms. The van der Waals surface area contributed by atoms with Gasteiger partial charge in [0.05, 0.1) is 22.4 Å². The Morgan fingerprint density at radius 3 is 1.14 bits per heavy atom. The molecule has 2 aliphatic rings. The van der Waals surface area contributed by atoms with E-state index in [1.54, 1.807) is 0 Å². The van der Waals surface area contributed by atoms with Crippen molar-refractivity contribution in [3.8, 4) is 0 Å². The van der Waals surface area contributed by atoms with E-state index in [0.29, 0.717) is 48.1 Å². The van der Waals surface area contributed by atoms with Crippen LogP contribution in [0.15, 0.2) is 12.1 Å². The zero-order valence-corrected chi connectivity index (χ0v) is 26.5. The Kier molecular flexibility index (Phi) is 8.54. The van der Waals surface area contributed by atoms with Gasteiger partial charge in [-0.05, 0) is 108 Å². The Balaban J connectivity index is 2.11. The van der Waals surface area contributed by atoms with E-state index in [0.717, 1.165) is 92.7 Å². The molecular weight excluding hydrogens is 526 g/mol. The standard InChI is InChI=1S/C36H44F2N4/c1-9-19-23(13-5)33-31(37)34-25(15-7)21(11-3)29(41-34)18-30-22(12-4)26(16-8)36(42-30)32(38)35-24(14-6)20(10-2)28(40-35)17-27(19)39-33/h17-18,39-40H,9-16H2,1-8H3. The van der Waals surface area contributed by atoms with Crippen molar-refractivity contribution in [3.63, 3.8) is 0 Å². The largest absolute Gasteiger partial charge is 0.353 e. The fourth-order valence-electron chi connectivity index (χ4n) is 7.18. The van der Waals surface area contributed by atoms with Gasteiger partial charge in [0.25, 0.3) is 0 Å². The molecule has 0 aliphatic carbocycles. The van der Waals surface area contributed by atoms with Crippen LogP contribution in [0.25, 0.3) is 44.4 Å². The maximum absolute atomic E-state index is 16.8. The van der Waals surface area contributed by atoms with Gasteiger partial charge in [-0.1, -0.05) is 55.4 Å². The number of rotatable bonds is 8. The topological polar surface area (TPSA) is 57.4 Å². The van der Waals surface area contributed by atoms with E-state index in [-0.39, 0.29) is 11.6 Å². The highest BCUT2D eigenvalue weighted by molar-refractivity contribution is 5.96. The van der Waals surface area contributed by atoms with Crippen LogP contribution < -0.4 is 0 Å². The van der Waals surface area contributed by atoms with Gasteiger partial charge >= 0.3 is 0 Å². The number of aromatic nitrogens is 4. The highest BCUT2D eigenvalue weighted by atomic mass is 19.1. The molecule has 5 rings (SSSR count). The Hall–Kier alpha value is -3.54. The summed E-state index contributed by atoms with van der Waals surface area (Å²) in [6, 6.07) is 4.01. The first-order valence-corrected chi connectivity index (χ1v) is 15.9. The molecule has 0 unspecified atom stereocenters.